The summed E-state index contributed by atoms with van der Waals surface area (Å²) in [5.41, 5.74) is 1.60. The van der Waals surface area contributed by atoms with Gasteiger partial charge >= 0.3 is 6.36 Å². The van der Waals surface area contributed by atoms with E-state index in [0.717, 1.165) is 0 Å². The summed E-state index contributed by atoms with van der Waals surface area (Å²) in [7, 11) is 0. The lowest BCUT2D eigenvalue weighted by Crippen LogP contribution is -2.17. The Kier molecular flexibility index (Phi) is 3.61. The van der Waals surface area contributed by atoms with Gasteiger partial charge < -0.3 is 15.0 Å². The lowest BCUT2D eigenvalue weighted by Gasteiger charge is -2.12. The van der Waals surface area contributed by atoms with Crippen molar-refractivity contribution in [1.29, 1.82) is 0 Å². The Balaban J connectivity index is 1.87. The van der Waals surface area contributed by atoms with Crippen molar-refractivity contribution in [2.45, 2.75) is 6.36 Å². The normalized spacial score (nSPS) is 11.6. The van der Waals surface area contributed by atoms with Crippen LogP contribution in [0.3, 0.4) is 0 Å². The second-order valence-electron chi connectivity index (χ2n) is 4.14. The fourth-order valence-corrected chi connectivity index (χ4v) is 2.24. The van der Waals surface area contributed by atoms with Crippen LogP contribution in [-0.2, 0) is 0 Å². The molecule has 0 unspecified atom stereocenters. The number of benzene rings is 1. The summed E-state index contributed by atoms with van der Waals surface area (Å²) < 4.78 is 40.7. The lowest BCUT2D eigenvalue weighted by molar-refractivity contribution is -0.274. The fourth-order valence-electron chi connectivity index (χ4n) is 1.78. The molecule has 0 spiro atoms. The molecule has 0 aliphatic carbocycles. The molecule has 0 amide bonds. The summed E-state index contributed by atoms with van der Waals surface area (Å²) in [6.45, 7) is 0. The van der Waals surface area contributed by atoms with Crippen molar-refractivity contribution in [3.8, 4) is 5.75 Å². The first-order chi connectivity index (χ1) is 10.4. The molecule has 0 saturated heterocycles. The first kappa shape index (κ1) is 14.6. The van der Waals surface area contributed by atoms with Crippen molar-refractivity contribution in [3.05, 3.63) is 35.3 Å². The number of aromatic nitrogens is 4. The zero-order chi connectivity index (χ0) is 15.7. The fraction of sp³-hybridized carbons (Fsp3) is 0.0833. The van der Waals surface area contributed by atoms with E-state index >= 15 is 0 Å². The van der Waals surface area contributed by atoms with Gasteiger partial charge in [0, 0.05) is 5.69 Å². The number of nitrogens with zero attached hydrogens (tertiary/aromatic N) is 3. The molecule has 0 atom stereocenters. The van der Waals surface area contributed by atoms with Gasteiger partial charge in [-0.3, -0.25) is 0 Å². The first-order valence-electron chi connectivity index (χ1n) is 5.89. The van der Waals surface area contributed by atoms with Crippen molar-refractivity contribution in [2.75, 3.05) is 5.32 Å². The van der Waals surface area contributed by atoms with Gasteiger partial charge in [-0.1, -0.05) is 0 Å². The standard InChI is InChI=1S/C12H7BrF3N5O/c13-7-3-6(1-2-8(7)22-12(14,15)16)21-11-9-10(18-4-17-9)19-5-20-11/h1-5H,(H2,17,18,19,20,21). The summed E-state index contributed by atoms with van der Waals surface area (Å²) in [4.78, 5) is 14.9. The second-order valence-corrected chi connectivity index (χ2v) is 5.00. The van der Waals surface area contributed by atoms with Gasteiger partial charge in [0.25, 0.3) is 0 Å². The number of hydrogen-bond acceptors (Lipinski definition) is 5. The maximum atomic E-state index is 12.2. The molecule has 0 aliphatic rings. The highest BCUT2D eigenvalue weighted by molar-refractivity contribution is 9.10. The molecule has 0 saturated carbocycles. The van der Waals surface area contributed by atoms with Crippen molar-refractivity contribution < 1.29 is 17.9 Å². The van der Waals surface area contributed by atoms with Crippen LogP contribution < -0.4 is 10.1 Å². The second kappa shape index (κ2) is 5.44. The Morgan fingerprint density at radius 3 is 2.73 bits per heavy atom. The van der Waals surface area contributed by atoms with Gasteiger partial charge in [0.05, 0.1) is 10.8 Å². The number of nitrogens with one attached hydrogen (secondary N) is 2. The highest BCUT2D eigenvalue weighted by atomic mass is 79.9. The molecule has 3 rings (SSSR count). The molecule has 0 radical (unpaired) electrons. The molecule has 0 bridgehead atoms. The third kappa shape index (κ3) is 3.11. The highest BCUT2D eigenvalue weighted by Crippen LogP contribution is 2.33. The number of fused-ring (bicyclic) bond motifs is 1. The van der Waals surface area contributed by atoms with Crippen molar-refractivity contribution >= 4 is 38.6 Å². The zero-order valence-electron chi connectivity index (χ0n) is 10.6. The Hall–Kier alpha value is -2.36. The average Bonchev–Trinajstić information content (AvgIpc) is 2.90. The molecule has 3 aromatic rings. The molecule has 0 fully saturated rings. The smallest absolute Gasteiger partial charge is 0.405 e. The number of hydrogen-bond donors (Lipinski definition) is 2. The molecular weight excluding hydrogens is 367 g/mol. The molecule has 0 aliphatic heterocycles. The van der Waals surface area contributed by atoms with E-state index in [9.17, 15) is 13.2 Å². The minimum absolute atomic E-state index is 0.157. The molecule has 10 heteroatoms. The van der Waals surface area contributed by atoms with Crippen molar-refractivity contribution in [3.63, 3.8) is 0 Å². The molecule has 2 aromatic heterocycles. The Bertz CT molecular complexity index is 820. The van der Waals surface area contributed by atoms with Crippen LogP contribution in [0.5, 0.6) is 5.75 Å². The Labute approximate surface area is 129 Å². The van der Waals surface area contributed by atoms with Gasteiger partial charge in [-0.2, -0.15) is 0 Å². The van der Waals surface area contributed by atoms with E-state index in [0.29, 0.717) is 22.7 Å². The van der Waals surface area contributed by atoms with Crippen LogP contribution in [0.1, 0.15) is 0 Å². The third-order valence-corrected chi connectivity index (χ3v) is 3.26. The van der Waals surface area contributed by atoms with E-state index in [-0.39, 0.29) is 10.2 Å². The van der Waals surface area contributed by atoms with E-state index in [4.69, 9.17) is 0 Å². The van der Waals surface area contributed by atoms with Crippen LogP contribution >= 0.6 is 15.9 Å². The minimum Gasteiger partial charge on any atom is -0.405 e. The molecule has 1 aromatic carbocycles. The van der Waals surface area contributed by atoms with Crippen LogP contribution in [0, 0.1) is 0 Å². The number of ether oxygens (including phenoxy) is 1. The van der Waals surface area contributed by atoms with Gasteiger partial charge in [-0.25, -0.2) is 15.0 Å². The third-order valence-electron chi connectivity index (χ3n) is 2.64. The molecular formula is C12H7BrF3N5O. The van der Waals surface area contributed by atoms with Gasteiger partial charge in [-0.15, -0.1) is 13.2 Å². The van der Waals surface area contributed by atoms with Crippen LogP contribution in [0.4, 0.5) is 24.7 Å². The number of alkyl halides is 3. The quantitative estimate of drug-likeness (QED) is 0.730. The number of anilines is 2. The predicted molar refractivity (Wildman–Crippen MR) is 75.8 cm³/mol. The maximum Gasteiger partial charge on any atom is 0.573 e. The number of halogens is 4. The largest absolute Gasteiger partial charge is 0.573 e. The summed E-state index contributed by atoms with van der Waals surface area (Å²) in [6, 6.07) is 4.09. The average molecular weight is 374 g/mol. The van der Waals surface area contributed by atoms with Crippen LogP contribution in [0.15, 0.2) is 35.3 Å². The summed E-state index contributed by atoms with van der Waals surface area (Å²) >= 11 is 3.04. The first-order valence-corrected chi connectivity index (χ1v) is 6.68. The van der Waals surface area contributed by atoms with Crippen molar-refractivity contribution in [2.24, 2.45) is 0 Å². The topological polar surface area (TPSA) is 75.7 Å². The zero-order valence-corrected chi connectivity index (χ0v) is 12.2. The van der Waals surface area contributed by atoms with Crippen LogP contribution in [0.25, 0.3) is 11.2 Å². The van der Waals surface area contributed by atoms with Gasteiger partial charge in [-0.05, 0) is 34.1 Å². The molecule has 6 nitrogen and oxygen atoms in total. The van der Waals surface area contributed by atoms with Gasteiger partial charge in [0.15, 0.2) is 11.5 Å². The summed E-state index contributed by atoms with van der Waals surface area (Å²) in [6.07, 6.45) is -1.94. The highest BCUT2D eigenvalue weighted by Gasteiger charge is 2.31. The van der Waals surface area contributed by atoms with E-state index < -0.39 is 6.36 Å². The number of rotatable bonds is 3. The van der Waals surface area contributed by atoms with Gasteiger partial charge in [0.2, 0.25) is 0 Å². The number of H-pyrrole nitrogens is 1. The molecule has 2 heterocycles. The van der Waals surface area contributed by atoms with E-state index in [2.05, 4.69) is 45.9 Å². The molecule has 114 valence electrons. The van der Waals surface area contributed by atoms with Crippen molar-refractivity contribution in [1.82, 2.24) is 19.9 Å². The van der Waals surface area contributed by atoms with E-state index in [1.165, 1.54) is 30.9 Å². The maximum absolute atomic E-state index is 12.2. The summed E-state index contributed by atoms with van der Waals surface area (Å²) in [5, 5.41) is 2.97. The Morgan fingerprint density at radius 2 is 2.00 bits per heavy atom. The predicted octanol–water partition coefficient (Wildman–Crippen LogP) is 3.76. The lowest BCUT2D eigenvalue weighted by atomic mass is 10.3. The number of aromatic amines is 1. The molecule has 2 N–H and O–H groups in total. The number of imidazole rings is 1. The Morgan fingerprint density at radius 1 is 1.18 bits per heavy atom. The van der Waals surface area contributed by atoms with Crippen LogP contribution in [0.2, 0.25) is 0 Å². The monoisotopic (exact) mass is 373 g/mol. The SMILES string of the molecule is FC(F)(F)Oc1ccc(Nc2ncnc3nc[nH]c23)cc1Br. The van der Waals surface area contributed by atoms with E-state index in [1.54, 1.807) is 0 Å². The van der Waals surface area contributed by atoms with E-state index in [1.807, 2.05) is 0 Å². The molecule has 22 heavy (non-hydrogen) atoms. The summed E-state index contributed by atoms with van der Waals surface area (Å²) in [5.74, 6) is 0.131. The van der Waals surface area contributed by atoms with Crippen LogP contribution in [-0.4, -0.2) is 26.3 Å². The minimum atomic E-state index is -4.74. The van der Waals surface area contributed by atoms with Gasteiger partial charge in [0.1, 0.15) is 17.6 Å².